The molecular formula is C7H6BrFN2O3. The first kappa shape index (κ1) is 10.8. The van der Waals surface area contributed by atoms with E-state index in [1.165, 1.54) is 13.1 Å². The van der Waals surface area contributed by atoms with E-state index < -0.39 is 17.8 Å². The topological polar surface area (TPSA) is 72.2 Å². The Morgan fingerprint density at radius 3 is 2.86 bits per heavy atom. The van der Waals surface area contributed by atoms with E-state index in [4.69, 9.17) is 5.11 Å². The van der Waals surface area contributed by atoms with Gasteiger partial charge in [0.25, 0.3) is 11.9 Å². The molecule has 1 unspecified atom stereocenters. The molecule has 0 spiro atoms. The molecular weight excluding hydrogens is 259 g/mol. The highest BCUT2D eigenvalue weighted by molar-refractivity contribution is 9.10. The van der Waals surface area contributed by atoms with Gasteiger partial charge < -0.3 is 5.11 Å². The van der Waals surface area contributed by atoms with Crippen molar-refractivity contribution in [2.24, 2.45) is 0 Å². The van der Waals surface area contributed by atoms with Gasteiger partial charge in [-0.3, -0.25) is 9.36 Å². The fourth-order valence-electron chi connectivity index (χ4n) is 0.907. The fourth-order valence-corrected chi connectivity index (χ4v) is 1.20. The van der Waals surface area contributed by atoms with Crippen LogP contribution in [-0.2, 0) is 4.79 Å². The second kappa shape index (κ2) is 3.87. The van der Waals surface area contributed by atoms with Crippen LogP contribution in [0.3, 0.4) is 0 Å². The highest BCUT2D eigenvalue weighted by Crippen LogP contribution is 2.10. The number of hydrogen-bond acceptors (Lipinski definition) is 3. The number of carbonyl (C=O) groups is 1. The van der Waals surface area contributed by atoms with Crippen LogP contribution in [0.25, 0.3) is 0 Å². The maximum Gasteiger partial charge on any atom is 0.360 e. The fraction of sp³-hybridized carbons (Fsp3) is 0.286. The van der Waals surface area contributed by atoms with Gasteiger partial charge in [-0.25, -0.2) is 14.2 Å². The van der Waals surface area contributed by atoms with Crippen LogP contribution in [0, 0.1) is 6.92 Å². The SMILES string of the molecule is Cc1ncc(Br)c(=O)n1C(F)C(=O)O. The van der Waals surface area contributed by atoms with Crippen molar-refractivity contribution in [3.63, 3.8) is 0 Å². The molecule has 1 aromatic heterocycles. The van der Waals surface area contributed by atoms with Crippen LogP contribution in [0.1, 0.15) is 12.1 Å². The molecule has 76 valence electrons. The first-order chi connectivity index (χ1) is 6.45. The largest absolute Gasteiger partial charge is 0.478 e. The van der Waals surface area contributed by atoms with Gasteiger partial charge in [-0.2, -0.15) is 0 Å². The molecule has 0 saturated heterocycles. The number of carboxylic acids is 1. The van der Waals surface area contributed by atoms with Crippen LogP contribution in [0.4, 0.5) is 4.39 Å². The summed E-state index contributed by atoms with van der Waals surface area (Å²) in [6.07, 6.45) is -1.21. The summed E-state index contributed by atoms with van der Waals surface area (Å²) in [7, 11) is 0. The van der Waals surface area contributed by atoms with E-state index in [-0.39, 0.29) is 10.3 Å². The van der Waals surface area contributed by atoms with Crippen molar-refractivity contribution in [1.82, 2.24) is 9.55 Å². The van der Waals surface area contributed by atoms with E-state index >= 15 is 0 Å². The van der Waals surface area contributed by atoms with Gasteiger partial charge in [-0.1, -0.05) is 0 Å². The molecule has 0 amide bonds. The average Bonchev–Trinajstić information content (AvgIpc) is 2.12. The molecule has 0 bridgehead atoms. The number of carboxylic acid groups (broad SMARTS) is 1. The van der Waals surface area contributed by atoms with Crippen LogP contribution in [0.2, 0.25) is 0 Å². The number of aryl methyl sites for hydroxylation is 1. The minimum absolute atomic E-state index is 0.00750. The van der Waals surface area contributed by atoms with Gasteiger partial charge in [0, 0.05) is 6.20 Å². The quantitative estimate of drug-likeness (QED) is 0.861. The maximum atomic E-state index is 13.1. The molecule has 1 N–H and O–H groups in total. The summed E-state index contributed by atoms with van der Waals surface area (Å²) in [5, 5.41) is 8.40. The smallest absolute Gasteiger partial charge is 0.360 e. The van der Waals surface area contributed by atoms with Crippen LogP contribution in [0.5, 0.6) is 0 Å². The maximum absolute atomic E-state index is 13.1. The van der Waals surface area contributed by atoms with Gasteiger partial charge in [0.05, 0.1) is 0 Å². The minimum atomic E-state index is -2.41. The van der Waals surface area contributed by atoms with Crippen molar-refractivity contribution in [2.75, 3.05) is 0 Å². The van der Waals surface area contributed by atoms with Gasteiger partial charge >= 0.3 is 5.97 Å². The van der Waals surface area contributed by atoms with Crippen molar-refractivity contribution < 1.29 is 14.3 Å². The molecule has 0 aliphatic heterocycles. The molecule has 0 fully saturated rings. The number of halogens is 2. The Morgan fingerprint density at radius 1 is 1.79 bits per heavy atom. The van der Waals surface area contributed by atoms with E-state index in [0.717, 1.165) is 0 Å². The highest BCUT2D eigenvalue weighted by atomic mass is 79.9. The first-order valence-corrected chi connectivity index (χ1v) is 4.35. The second-order valence-corrected chi connectivity index (χ2v) is 3.36. The minimum Gasteiger partial charge on any atom is -0.478 e. The van der Waals surface area contributed by atoms with Gasteiger partial charge in [0.15, 0.2) is 0 Å². The van der Waals surface area contributed by atoms with Crippen LogP contribution in [-0.4, -0.2) is 20.6 Å². The Morgan fingerprint density at radius 2 is 2.36 bits per heavy atom. The van der Waals surface area contributed by atoms with Crippen molar-refractivity contribution in [1.29, 1.82) is 0 Å². The Hall–Kier alpha value is -1.24. The lowest BCUT2D eigenvalue weighted by Gasteiger charge is -2.09. The zero-order chi connectivity index (χ0) is 10.9. The molecule has 1 heterocycles. The first-order valence-electron chi connectivity index (χ1n) is 3.55. The van der Waals surface area contributed by atoms with Gasteiger partial charge in [0.2, 0.25) is 0 Å². The van der Waals surface area contributed by atoms with Crippen molar-refractivity contribution in [3.05, 3.63) is 26.8 Å². The van der Waals surface area contributed by atoms with Crippen molar-refractivity contribution >= 4 is 21.9 Å². The van der Waals surface area contributed by atoms with Crippen molar-refractivity contribution in [3.8, 4) is 0 Å². The summed E-state index contributed by atoms with van der Waals surface area (Å²) in [5.41, 5.74) is -0.757. The Labute approximate surface area is 86.3 Å². The summed E-state index contributed by atoms with van der Waals surface area (Å²) in [4.78, 5) is 25.3. The molecule has 7 heteroatoms. The molecule has 0 saturated carbocycles. The number of rotatable bonds is 2. The molecule has 5 nitrogen and oxygen atoms in total. The predicted molar refractivity (Wildman–Crippen MR) is 48.7 cm³/mol. The highest BCUT2D eigenvalue weighted by Gasteiger charge is 2.22. The molecule has 1 atom stereocenters. The number of alkyl halides is 1. The summed E-state index contributed by atoms with van der Waals surface area (Å²) >= 11 is 2.84. The number of aromatic nitrogens is 2. The zero-order valence-corrected chi connectivity index (χ0v) is 8.65. The van der Waals surface area contributed by atoms with Crippen LogP contribution in [0.15, 0.2) is 15.5 Å². The normalized spacial score (nSPS) is 12.5. The lowest BCUT2D eigenvalue weighted by molar-refractivity contribution is -0.146. The van der Waals surface area contributed by atoms with E-state index in [0.29, 0.717) is 4.57 Å². The Bertz CT molecular complexity index is 431. The molecule has 0 aliphatic carbocycles. The summed E-state index contributed by atoms with van der Waals surface area (Å²) in [6.45, 7) is 1.35. The second-order valence-electron chi connectivity index (χ2n) is 2.50. The number of hydrogen-bond donors (Lipinski definition) is 1. The van der Waals surface area contributed by atoms with Crippen molar-refractivity contribution in [2.45, 2.75) is 13.2 Å². The third kappa shape index (κ3) is 1.82. The van der Waals surface area contributed by atoms with Crippen LogP contribution < -0.4 is 5.56 Å². The third-order valence-electron chi connectivity index (χ3n) is 1.57. The molecule has 1 aromatic rings. The lowest BCUT2D eigenvalue weighted by Crippen LogP contribution is -2.30. The summed E-state index contributed by atoms with van der Waals surface area (Å²) < 4.78 is 13.5. The molecule has 0 radical (unpaired) electrons. The zero-order valence-electron chi connectivity index (χ0n) is 7.07. The predicted octanol–water partition coefficient (Wildman–Crippen LogP) is 0.867. The molecule has 1 rings (SSSR count). The van der Waals surface area contributed by atoms with Crippen LogP contribution >= 0.6 is 15.9 Å². The number of nitrogens with zero attached hydrogens (tertiary/aromatic N) is 2. The molecule has 14 heavy (non-hydrogen) atoms. The Balaban J connectivity index is 3.40. The van der Waals surface area contributed by atoms with E-state index in [9.17, 15) is 14.0 Å². The Kier molecular flexibility index (Phi) is 3.00. The van der Waals surface area contributed by atoms with Gasteiger partial charge in [-0.05, 0) is 22.9 Å². The summed E-state index contributed by atoms with van der Waals surface area (Å²) in [6, 6.07) is 0. The van der Waals surface area contributed by atoms with Gasteiger partial charge in [-0.15, -0.1) is 0 Å². The molecule has 0 aliphatic rings. The standard InChI is InChI=1S/C7H6BrFN2O3/c1-3-10-2-4(8)6(12)11(3)5(9)7(13)14/h2,5H,1H3,(H,13,14). The van der Waals surface area contributed by atoms with E-state index in [1.807, 2.05) is 0 Å². The monoisotopic (exact) mass is 264 g/mol. The average molecular weight is 265 g/mol. The molecule has 0 aromatic carbocycles. The summed E-state index contributed by atoms with van der Waals surface area (Å²) in [5.74, 6) is -1.72. The van der Waals surface area contributed by atoms with E-state index in [1.54, 1.807) is 0 Å². The number of aliphatic carboxylic acids is 1. The third-order valence-corrected chi connectivity index (χ3v) is 2.11. The lowest BCUT2D eigenvalue weighted by atomic mass is 10.5. The van der Waals surface area contributed by atoms with E-state index in [2.05, 4.69) is 20.9 Å². The van der Waals surface area contributed by atoms with Gasteiger partial charge in [0.1, 0.15) is 10.3 Å².